The van der Waals surface area contributed by atoms with Crippen LogP contribution in [0.5, 0.6) is 0 Å². The lowest BCUT2D eigenvalue weighted by Crippen LogP contribution is -2.13. The fraction of sp³-hybridized carbons (Fsp3) is 0.231. The number of ether oxygens (including phenoxy) is 1. The van der Waals surface area contributed by atoms with Gasteiger partial charge in [0, 0.05) is 0 Å². The maximum Gasteiger partial charge on any atom is 0.341 e. The molecule has 0 saturated carbocycles. The lowest BCUT2D eigenvalue weighted by Gasteiger charge is -2.03. The van der Waals surface area contributed by atoms with Crippen molar-refractivity contribution in [3.05, 3.63) is 41.2 Å². The molecule has 1 rings (SSSR count). The predicted octanol–water partition coefficient (Wildman–Crippen LogP) is 2.36. The largest absolute Gasteiger partial charge is 0.462 e. The van der Waals surface area contributed by atoms with Crippen molar-refractivity contribution in [3.63, 3.8) is 0 Å². The third-order valence-corrected chi connectivity index (χ3v) is 2.03. The molecule has 17 heavy (non-hydrogen) atoms. The number of rotatable bonds is 4. The Kier molecular flexibility index (Phi) is 4.57. The van der Waals surface area contributed by atoms with E-state index in [4.69, 9.17) is 4.74 Å². The van der Waals surface area contributed by atoms with Crippen molar-refractivity contribution < 1.29 is 18.7 Å². The molecule has 0 aromatic heterocycles. The van der Waals surface area contributed by atoms with Gasteiger partial charge in [-0.25, -0.2) is 9.18 Å². The normalized spacial score (nSPS) is 11.1. The van der Waals surface area contributed by atoms with Crippen LogP contribution in [0.1, 0.15) is 19.4 Å². The van der Waals surface area contributed by atoms with Crippen LogP contribution in [0.25, 0.3) is 6.08 Å². The van der Waals surface area contributed by atoms with E-state index in [1.165, 1.54) is 31.2 Å². The highest BCUT2D eigenvalue weighted by atomic mass is 19.1. The van der Waals surface area contributed by atoms with Crippen molar-refractivity contribution in [1.82, 2.24) is 0 Å². The molecule has 0 fully saturated rings. The number of benzene rings is 1. The summed E-state index contributed by atoms with van der Waals surface area (Å²) in [5.74, 6) is -1.53. The third kappa shape index (κ3) is 3.83. The summed E-state index contributed by atoms with van der Waals surface area (Å²) >= 11 is 0. The zero-order valence-corrected chi connectivity index (χ0v) is 9.70. The van der Waals surface area contributed by atoms with Crippen LogP contribution in [0.3, 0.4) is 0 Å². The van der Waals surface area contributed by atoms with Crippen molar-refractivity contribution in [2.24, 2.45) is 0 Å². The van der Waals surface area contributed by atoms with Gasteiger partial charge in [-0.15, -0.1) is 0 Å². The molecule has 0 bridgehead atoms. The highest BCUT2D eigenvalue weighted by Crippen LogP contribution is 2.11. The molecule has 0 aliphatic rings. The minimum atomic E-state index is -0.690. The minimum Gasteiger partial charge on any atom is -0.462 e. The summed E-state index contributed by atoms with van der Waals surface area (Å²) in [5.41, 5.74) is 0.362. The second-order valence-corrected chi connectivity index (χ2v) is 3.39. The van der Waals surface area contributed by atoms with E-state index in [9.17, 15) is 14.0 Å². The van der Waals surface area contributed by atoms with Crippen LogP contribution in [0.2, 0.25) is 0 Å². The lowest BCUT2D eigenvalue weighted by molar-refractivity contribution is -0.139. The van der Waals surface area contributed by atoms with E-state index in [1.54, 1.807) is 13.0 Å². The summed E-state index contributed by atoms with van der Waals surface area (Å²) in [5, 5.41) is 0. The summed E-state index contributed by atoms with van der Waals surface area (Å²) in [4.78, 5) is 22.8. The summed E-state index contributed by atoms with van der Waals surface area (Å²) in [7, 11) is 0. The molecule has 0 spiro atoms. The molecule has 90 valence electrons. The minimum absolute atomic E-state index is 0.0857. The average Bonchev–Trinajstić information content (AvgIpc) is 2.26. The highest BCUT2D eigenvalue weighted by Gasteiger charge is 2.15. The molecule has 3 nitrogen and oxygen atoms in total. The molecule has 0 saturated heterocycles. The van der Waals surface area contributed by atoms with Crippen molar-refractivity contribution >= 4 is 17.8 Å². The zero-order valence-electron chi connectivity index (χ0n) is 9.70. The Hall–Kier alpha value is -1.97. The predicted molar refractivity (Wildman–Crippen MR) is 61.7 cm³/mol. The van der Waals surface area contributed by atoms with E-state index in [0.717, 1.165) is 0 Å². The number of Topliss-reactive ketones (excluding diaryl/α,β-unsaturated/α-hetero) is 1. The highest BCUT2D eigenvalue weighted by molar-refractivity contribution is 6.19. The van der Waals surface area contributed by atoms with E-state index in [0.29, 0.717) is 5.56 Å². The van der Waals surface area contributed by atoms with Crippen LogP contribution < -0.4 is 0 Å². The van der Waals surface area contributed by atoms with Gasteiger partial charge in [-0.05, 0) is 37.6 Å². The van der Waals surface area contributed by atoms with Gasteiger partial charge in [0.05, 0.1) is 6.61 Å². The molecule has 4 heteroatoms. The quantitative estimate of drug-likeness (QED) is 0.349. The molecular weight excluding hydrogens is 223 g/mol. The van der Waals surface area contributed by atoms with Gasteiger partial charge >= 0.3 is 5.97 Å². The van der Waals surface area contributed by atoms with Gasteiger partial charge in [-0.1, -0.05) is 12.1 Å². The number of carbonyl (C=O) groups is 2. The molecule has 0 radical (unpaired) electrons. The van der Waals surface area contributed by atoms with E-state index in [2.05, 4.69) is 0 Å². The molecule has 0 unspecified atom stereocenters. The maximum atomic E-state index is 12.9. The Morgan fingerprint density at radius 3 is 2.65 bits per heavy atom. The van der Waals surface area contributed by atoms with E-state index < -0.39 is 17.6 Å². The van der Waals surface area contributed by atoms with Crippen LogP contribution in [-0.2, 0) is 14.3 Å². The number of esters is 1. The Labute approximate surface area is 98.9 Å². The van der Waals surface area contributed by atoms with E-state index in [1.807, 2.05) is 0 Å². The summed E-state index contributed by atoms with van der Waals surface area (Å²) in [6.45, 7) is 3.10. The molecule has 0 N–H and O–H groups in total. The maximum absolute atomic E-state index is 12.9. The molecular formula is C13H13FO3. The van der Waals surface area contributed by atoms with Crippen LogP contribution in [0.15, 0.2) is 29.8 Å². The van der Waals surface area contributed by atoms with Crippen LogP contribution in [-0.4, -0.2) is 18.4 Å². The van der Waals surface area contributed by atoms with Crippen LogP contribution >= 0.6 is 0 Å². The first kappa shape index (κ1) is 13.1. The Morgan fingerprint density at radius 1 is 1.41 bits per heavy atom. The molecule has 1 aromatic carbocycles. The first-order valence-electron chi connectivity index (χ1n) is 5.20. The number of ketones is 1. The molecule has 0 atom stereocenters. The molecule has 0 heterocycles. The summed E-state index contributed by atoms with van der Waals surface area (Å²) in [6, 6.07) is 5.63. The van der Waals surface area contributed by atoms with Gasteiger partial charge in [-0.2, -0.15) is 0 Å². The Bertz CT molecular complexity index is 463. The van der Waals surface area contributed by atoms with Crippen LogP contribution in [0.4, 0.5) is 4.39 Å². The first-order chi connectivity index (χ1) is 8.04. The average molecular weight is 236 g/mol. The number of carbonyl (C=O) groups excluding carboxylic acids is 2. The van der Waals surface area contributed by atoms with Crippen LogP contribution in [0, 0.1) is 5.82 Å². The first-order valence-corrected chi connectivity index (χ1v) is 5.20. The number of hydrogen-bond donors (Lipinski definition) is 0. The third-order valence-electron chi connectivity index (χ3n) is 2.03. The zero-order chi connectivity index (χ0) is 12.8. The SMILES string of the molecule is CCOC(=O)C(=Cc1cccc(F)c1)C(C)=O. The van der Waals surface area contributed by atoms with Gasteiger partial charge in [0.15, 0.2) is 5.78 Å². The van der Waals surface area contributed by atoms with Gasteiger partial charge in [0.2, 0.25) is 0 Å². The molecule has 0 amide bonds. The Balaban J connectivity index is 3.06. The fourth-order valence-electron chi connectivity index (χ4n) is 1.28. The fourth-order valence-corrected chi connectivity index (χ4v) is 1.28. The lowest BCUT2D eigenvalue weighted by atomic mass is 10.1. The Morgan fingerprint density at radius 2 is 2.12 bits per heavy atom. The van der Waals surface area contributed by atoms with Gasteiger partial charge < -0.3 is 4.74 Å². The smallest absolute Gasteiger partial charge is 0.341 e. The molecule has 0 aliphatic heterocycles. The number of hydrogen-bond acceptors (Lipinski definition) is 3. The number of halogens is 1. The second kappa shape index (κ2) is 5.94. The van der Waals surface area contributed by atoms with Gasteiger partial charge in [-0.3, -0.25) is 4.79 Å². The van der Waals surface area contributed by atoms with Crippen molar-refractivity contribution in [2.75, 3.05) is 6.61 Å². The van der Waals surface area contributed by atoms with Crippen molar-refractivity contribution in [2.45, 2.75) is 13.8 Å². The topological polar surface area (TPSA) is 43.4 Å². The standard InChI is InChI=1S/C13H13FO3/c1-3-17-13(16)12(9(2)15)8-10-5-4-6-11(14)7-10/h4-8H,3H2,1-2H3. The van der Waals surface area contributed by atoms with Gasteiger partial charge in [0.1, 0.15) is 11.4 Å². The second-order valence-electron chi connectivity index (χ2n) is 3.39. The van der Waals surface area contributed by atoms with Gasteiger partial charge in [0.25, 0.3) is 0 Å². The summed E-state index contributed by atoms with van der Waals surface area (Å²) in [6.07, 6.45) is 1.32. The monoisotopic (exact) mass is 236 g/mol. The summed E-state index contributed by atoms with van der Waals surface area (Å²) < 4.78 is 17.7. The van der Waals surface area contributed by atoms with Crippen molar-refractivity contribution in [1.29, 1.82) is 0 Å². The van der Waals surface area contributed by atoms with E-state index in [-0.39, 0.29) is 12.2 Å². The van der Waals surface area contributed by atoms with E-state index >= 15 is 0 Å². The molecule has 1 aromatic rings. The van der Waals surface area contributed by atoms with Crippen molar-refractivity contribution in [3.8, 4) is 0 Å². The molecule has 0 aliphatic carbocycles.